The third-order valence-electron chi connectivity index (χ3n) is 2.09. The minimum absolute atomic E-state index is 0. The second-order valence-corrected chi connectivity index (χ2v) is 2.87. The van der Waals surface area contributed by atoms with Crippen molar-refractivity contribution >= 4 is 10.9 Å². The van der Waals surface area contributed by atoms with Crippen LogP contribution in [-0.4, -0.2) is 4.98 Å². The van der Waals surface area contributed by atoms with Crippen LogP contribution in [0.1, 0.15) is 11.1 Å². The van der Waals surface area contributed by atoms with Crippen LogP contribution in [-0.2, 0) is 32.7 Å². The van der Waals surface area contributed by atoms with Crippen LogP contribution in [0.5, 0.6) is 0 Å². The van der Waals surface area contributed by atoms with Gasteiger partial charge in [0.15, 0.2) is 0 Å². The van der Waals surface area contributed by atoms with E-state index in [4.69, 9.17) is 6.42 Å². The molecule has 0 aliphatic carbocycles. The van der Waals surface area contributed by atoms with Gasteiger partial charge in [-0.25, -0.2) is 0 Å². The molecule has 0 saturated carbocycles. The second kappa shape index (κ2) is 4.69. The van der Waals surface area contributed by atoms with Gasteiger partial charge in [-0.2, -0.15) is 0 Å². The van der Waals surface area contributed by atoms with Crippen molar-refractivity contribution in [2.45, 2.75) is 6.92 Å². The Kier molecular flexibility index (Phi) is 3.81. The van der Waals surface area contributed by atoms with E-state index in [-0.39, 0.29) is 32.7 Å². The van der Waals surface area contributed by atoms with Crippen molar-refractivity contribution in [3.8, 4) is 12.3 Å². The topological polar surface area (TPSA) is 12.9 Å². The van der Waals surface area contributed by atoms with Gasteiger partial charge in [-0.3, -0.25) is 0 Å². The molecule has 2 heteroatoms. The molecule has 0 fully saturated rings. The van der Waals surface area contributed by atoms with Gasteiger partial charge in [0.25, 0.3) is 0 Å². The van der Waals surface area contributed by atoms with Gasteiger partial charge in [0, 0.05) is 38.9 Å². The van der Waals surface area contributed by atoms with E-state index in [1.165, 1.54) is 0 Å². The summed E-state index contributed by atoms with van der Waals surface area (Å²) in [5.41, 5.74) is 2.86. The van der Waals surface area contributed by atoms with E-state index in [2.05, 4.69) is 17.0 Å². The Hall–Kier alpha value is -0.706. The van der Waals surface area contributed by atoms with Crippen LogP contribution in [0.3, 0.4) is 0 Å². The smallest absolute Gasteiger partial charge is 0.00686 e. The summed E-state index contributed by atoms with van der Waals surface area (Å²) in [6.07, 6.45) is 7.11. The normalized spacial score (nSPS) is 9.14. The van der Waals surface area contributed by atoms with Gasteiger partial charge in [-0.1, -0.05) is 24.1 Å². The fourth-order valence-electron chi connectivity index (χ4n) is 1.36. The van der Waals surface area contributed by atoms with Gasteiger partial charge in [-0.05, 0) is 5.52 Å². The maximum Gasteiger partial charge on any atom is 0.00686 e. The molecule has 0 saturated heterocycles. The van der Waals surface area contributed by atoms with Crippen molar-refractivity contribution in [3.05, 3.63) is 41.6 Å². The number of hydrogen-bond donors (Lipinski definition) is 0. The average Bonchev–Trinajstić information content (AvgIpc) is 2.19. The fourth-order valence-corrected chi connectivity index (χ4v) is 1.36. The van der Waals surface area contributed by atoms with Gasteiger partial charge in [0.2, 0.25) is 0 Å². The molecular formula is C12H8NY-. The Morgan fingerprint density at radius 1 is 1.50 bits per heavy atom. The first-order valence-electron chi connectivity index (χ1n) is 4.05. The molecule has 1 heterocycles. The zero-order chi connectivity index (χ0) is 9.26. The van der Waals surface area contributed by atoms with E-state index in [1.807, 2.05) is 25.1 Å². The zero-order valence-corrected chi connectivity index (χ0v) is 10.7. The Bertz CT molecular complexity index is 497. The number of rotatable bonds is 0. The summed E-state index contributed by atoms with van der Waals surface area (Å²) in [5.74, 6) is 2.62. The number of hydrogen-bond acceptors (Lipinski definition) is 1. The summed E-state index contributed by atoms with van der Waals surface area (Å²) in [6, 6.07) is 8.82. The van der Waals surface area contributed by atoms with E-state index in [0.717, 1.165) is 22.0 Å². The summed E-state index contributed by atoms with van der Waals surface area (Å²) in [4.78, 5) is 4.26. The first kappa shape index (κ1) is 11.4. The van der Waals surface area contributed by atoms with Crippen LogP contribution < -0.4 is 0 Å². The van der Waals surface area contributed by atoms with E-state index in [9.17, 15) is 0 Å². The number of fused-ring (bicyclic) bond motifs is 1. The van der Waals surface area contributed by atoms with Crippen molar-refractivity contribution in [1.82, 2.24) is 4.98 Å². The maximum atomic E-state index is 5.34. The quantitative estimate of drug-likeness (QED) is 0.520. The van der Waals surface area contributed by atoms with Crippen molar-refractivity contribution < 1.29 is 32.7 Å². The molecule has 0 N–H and O–H groups in total. The molecule has 0 aliphatic heterocycles. The predicted octanol–water partition coefficient (Wildman–Crippen LogP) is 2.32. The summed E-state index contributed by atoms with van der Waals surface area (Å²) >= 11 is 0. The van der Waals surface area contributed by atoms with Crippen LogP contribution in [0.2, 0.25) is 0 Å². The summed E-state index contributed by atoms with van der Waals surface area (Å²) in [7, 11) is 0. The van der Waals surface area contributed by atoms with Crippen molar-refractivity contribution in [3.63, 3.8) is 0 Å². The molecule has 1 radical (unpaired) electrons. The second-order valence-electron chi connectivity index (χ2n) is 2.87. The molecule has 65 valence electrons. The molecule has 1 aromatic heterocycles. The summed E-state index contributed by atoms with van der Waals surface area (Å²) in [6.45, 7) is 1.98. The van der Waals surface area contributed by atoms with Crippen LogP contribution in [0.4, 0.5) is 0 Å². The molecule has 0 spiro atoms. The molecule has 0 bridgehead atoms. The number of aromatic nitrogens is 1. The van der Waals surface area contributed by atoms with Gasteiger partial charge in [0.1, 0.15) is 0 Å². The van der Waals surface area contributed by atoms with Crippen LogP contribution >= 0.6 is 0 Å². The SMILES string of the molecule is C#Cc1c[c-]c2cccnc2c1C.[Y]. The van der Waals surface area contributed by atoms with E-state index < -0.39 is 0 Å². The number of terminal acetylenes is 1. The number of benzene rings is 1. The van der Waals surface area contributed by atoms with Gasteiger partial charge < -0.3 is 4.98 Å². The largest absolute Gasteiger partial charge is 0.306 e. The average molecular weight is 255 g/mol. The predicted molar refractivity (Wildman–Crippen MR) is 53.3 cm³/mol. The standard InChI is InChI=1S/C12H8N.Y/c1-3-10-6-7-11-5-4-8-13-12(11)9(10)2;/h1,4-6,8H,2H3;/q-1;. The minimum atomic E-state index is 0. The van der Waals surface area contributed by atoms with Crippen LogP contribution in [0.15, 0.2) is 24.4 Å². The Morgan fingerprint density at radius 2 is 2.29 bits per heavy atom. The molecule has 2 aromatic rings. The van der Waals surface area contributed by atoms with E-state index in [1.54, 1.807) is 6.20 Å². The maximum absolute atomic E-state index is 5.34. The van der Waals surface area contributed by atoms with Gasteiger partial charge in [-0.15, -0.1) is 35.9 Å². The number of aryl methyl sites for hydroxylation is 1. The molecule has 1 nitrogen and oxygen atoms in total. The van der Waals surface area contributed by atoms with Crippen molar-refractivity contribution in [1.29, 1.82) is 0 Å². The fraction of sp³-hybridized carbons (Fsp3) is 0.0833. The van der Waals surface area contributed by atoms with Crippen molar-refractivity contribution in [2.24, 2.45) is 0 Å². The zero-order valence-electron chi connectivity index (χ0n) is 7.91. The van der Waals surface area contributed by atoms with Crippen molar-refractivity contribution in [2.75, 3.05) is 0 Å². The van der Waals surface area contributed by atoms with Crippen LogP contribution in [0, 0.1) is 25.3 Å². The van der Waals surface area contributed by atoms with Crippen LogP contribution in [0.25, 0.3) is 10.9 Å². The first-order chi connectivity index (χ1) is 6.33. The third kappa shape index (κ3) is 1.87. The van der Waals surface area contributed by atoms with E-state index in [0.29, 0.717) is 0 Å². The van der Waals surface area contributed by atoms with Gasteiger partial charge in [0.05, 0.1) is 0 Å². The molecule has 0 atom stereocenters. The Labute approximate surface area is 109 Å². The Morgan fingerprint density at radius 3 is 3.00 bits per heavy atom. The molecule has 0 amide bonds. The Balaban J connectivity index is 0.000000980. The monoisotopic (exact) mass is 255 g/mol. The minimum Gasteiger partial charge on any atom is -0.306 e. The number of nitrogens with zero attached hydrogens (tertiary/aromatic N) is 1. The molecule has 2 rings (SSSR count). The summed E-state index contributed by atoms with van der Waals surface area (Å²) in [5, 5.41) is 1.01. The number of pyridine rings is 1. The molecule has 0 unspecified atom stereocenters. The molecular weight excluding hydrogens is 247 g/mol. The molecule has 14 heavy (non-hydrogen) atoms. The third-order valence-corrected chi connectivity index (χ3v) is 2.09. The molecule has 0 aliphatic rings. The first-order valence-corrected chi connectivity index (χ1v) is 4.05. The van der Waals surface area contributed by atoms with E-state index >= 15 is 0 Å². The van der Waals surface area contributed by atoms with Gasteiger partial charge >= 0.3 is 0 Å². The molecule has 1 aromatic carbocycles. The summed E-state index contributed by atoms with van der Waals surface area (Å²) < 4.78 is 0.